The molecule has 186 valence electrons. The number of rotatable bonds is 3. The first-order valence-corrected chi connectivity index (χ1v) is 13.0. The van der Waals surface area contributed by atoms with Crippen LogP contribution in [0.5, 0.6) is 0 Å². The highest BCUT2D eigenvalue weighted by molar-refractivity contribution is 6.11. The van der Waals surface area contributed by atoms with Crippen molar-refractivity contribution in [2.75, 3.05) is 11.4 Å². The second-order valence-electron chi connectivity index (χ2n) is 9.43. The van der Waals surface area contributed by atoms with Gasteiger partial charge in [0.2, 0.25) is 5.95 Å². The zero-order valence-electron chi connectivity index (χ0n) is 21.3. The van der Waals surface area contributed by atoms with E-state index in [0.29, 0.717) is 12.5 Å². The monoisotopic (exact) mass is 503 g/mol. The molecule has 3 aromatic heterocycles. The van der Waals surface area contributed by atoms with Crippen molar-refractivity contribution >= 4 is 39.1 Å². The van der Waals surface area contributed by atoms with E-state index in [1.807, 2.05) is 61.0 Å². The Bertz CT molecular complexity index is 1900. The molecule has 0 aliphatic carbocycles. The summed E-state index contributed by atoms with van der Waals surface area (Å²) in [6.07, 6.45) is 11.9. The van der Waals surface area contributed by atoms with Gasteiger partial charge in [0.15, 0.2) is 0 Å². The molecule has 0 spiro atoms. The zero-order chi connectivity index (χ0) is 26.2. The highest BCUT2D eigenvalue weighted by atomic mass is 15.3. The molecule has 0 radical (unpaired) electrons. The van der Waals surface area contributed by atoms with Crippen LogP contribution in [-0.4, -0.2) is 26.1 Å². The zero-order valence-corrected chi connectivity index (χ0v) is 21.3. The molecule has 1 aliphatic heterocycles. The largest absolute Gasteiger partial charge is 0.306 e. The second kappa shape index (κ2) is 9.54. The van der Waals surface area contributed by atoms with E-state index in [4.69, 9.17) is 9.97 Å². The van der Waals surface area contributed by atoms with Gasteiger partial charge in [-0.15, -0.1) is 0 Å². The summed E-state index contributed by atoms with van der Waals surface area (Å²) in [6.45, 7) is 4.94. The molecular formula is C34H25N5. The smallest absolute Gasteiger partial charge is 0.231 e. The summed E-state index contributed by atoms with van der Waals surface area (Å²) in [6, 6.07) is 31.2. The van der Waals surface area contributed by atoms with E-state index in [2.05, 4.69) is 87.8 Å². The number of hydrogen-bond acceptors (Lipinski definition) is 4. The number of nitrogens with zero attached hydrogens (tertiary/aromatic N) is 5. The van der Waals surface area contributed by atoms with Crippen LogP contribution in [0.1, 0.15) is 5.56 Å². The first-order chi connectivity index (χ1) is 19.3. The topological polar surface area (TPSA) is 46.8 Å². The summed E-state index contributed by atoms with van der Waals surface area (Å²) in [4.78, 5) is 17.0. The Morgan fingerprint density at radius 3 is 2.38 bits per heavy atom. The van der Waals surface area contributed by atoms with E-state index < -0.39 is 0 Å². The maximum Gasteiger partial charge on any atom is 0.231 e. The molecule has 0 bridgehead atoms. The summed E-state index contributed by atoms with van der Waals surface area (Å²) in [5.74, 6) is 0.636. The molecule has 0 N–H and O–H groups in total. The first kappa shape index (κ1) is 22.9. The Hall–Kier alpha value is -5.29. The molecule has 0 unspecified atom stereocenters. The molecule has 5 nitrogen and oxygen atoms in total. The molecule has 5 heteroatoms. The number of benzene rings is 3. The lowest BCUT2D eigenvalue weighted by molar-refractivity contribution is 1.00. The predicted molar refractivity (Wildman–Crippen MR) is 160 cm³/mol. The molecule has 3 aromatic carbocycles. The van der Waals surface area contributed by atoms with Crippen LogP contribution >= 0.6 is 0 Å². The van der Waals surface area contributed by atoms with Crippen LogP contribution in [0, 0.1) is 0 Å². The number of allylic oxidation sites excluding steroid dienone is 4. The van der Waals surface area contributed by atoms with Crippen molar-refractivity contribution in [2.45, 2.75) is 0 Å². The molecule has 0 fully saturated rings. The second-order valence-corrected chi connectivity index (χ2v) is 9.43. The Morgan fingerprint density at radius 1 is 0.744 bits per heavy atom. The van der Waals surface area contributed by atoms with Gasteiger partial charge in [-0.1, -0.05) is 85.5 Å². The summed E-state index contributed by atoms with van der Waals surface area (Å²) >= 11 is 0. The van der Waals surface area contributed by atoms with Crippen LogP contribution in [0.25, 0.3) is 44.5 Å². The fourth-order valence-electron chi connectivity index (χ4n) is 5.28. The van der Waals surface area contributed by atoms with Crippen molar-refractivity contribution in [1.29, 1.82) is 0 Å². The van der Waals surface area contributed by atoms with Crippen LogP contribution in [0.15, 0.2) is 134 Å². The van der Waals surface area contributed by atoms with E-state index in [-0.39, 0.29) is 0 Å². The van der Waals surface area contributed by atoms with Gasteiger partial charge in [0, 0.05) is 41.1 Å². The summed E-state index contributed by atoms with van der Waals surface area (Å²) in [5, 5.41) is 1.08. The van der Waals surface area contributed by atoms with Crippen LogP contribution in [0.2, 0.25) is 0 Å². The fraction of sp³-hybridized carbons (Fsp3) is 0.0294. The third-order valence-electron chi connectivity index (χ3n) is 7.08. The molecule has 0 saturated heterocycles. The van der Waals surface area contributed by atoms with Crippen molar-refractivity contribution < 1.29 is 0 Å². The molecule has 0 atom stereocenters. The van der Waals surface area contributed by atoms with Gasteiger partial charge < -0.3 is 9.47 Å². The van der Waals surface area contributed by atoms with Gasteiger partial charge >= 0.3 is 0 Å². The van der Waals surface area contributed by atoms with Crippen LogP contribution < -0.4 is 4.90 Å². The Labute approximate surface area is 226 Å². The maximum absolute atomic E-state index is 5.29. The number of pyridine rings is 1. The SMILES string of the molecule is C=C1/C=C\C=C/CN(c2nc(-c3ccncc3)c3c(n2)c2ccccc2n3-c2ccccc2)c2ccccc21. The molecule has 39 heavy (non-hydrogen) atoms. The van der Waals surface area contributed by atoms with Gasteiger partial charge in [0.25, 0.3) is 0 Å². The number of hydrogen-bond donors (Lipinski definition) is 0. The number of para-hydroxylation sites is 3. The summed E-state index contributed by atoms with van der Waals surface area (Å²) in [7, 11) is 0. The highest BCUT2D eigenvalue weighted by Gasteiger charge is 2.24. The van der Waals surface area contributed by atoms with Gasteiger partial charge in [-0.3, -0.25) is 4.98 Å². The van der Waals surface area contributed by atoms with Gasteiger partial charge in [-0.2, -0.15) is 0 Å². The quantitative estimate of drug-likeness (QED) is 0.246. The van der Waals surface area contributed by atoms with Crippen LogP contribution in [0.4, 0.5) is 11.6 Å². The summed E-state index contributed by atoms with van der Waals surface area (Å²) in [5.41, 5.74) is 8.88. The maximum atomic E-state index is 5.29. The lowest BCUT2D eigenvalue weighted by Gasteiger charge is -2.25. The van der Waals surface area contributed by atoms with Crippen molar-refractivity contribution in [3.8, 4) is 16.9 Å². The lowest BCUT2D eigenvalue weighted by Crippen LogP contribution is -2.21. The normalized spacial score (nSPS) is 15.0. The Balaban J connectivity index is 1.59. The van der Waals surface area contributed by atoms with Crippen molar-refractivity contribution in [2.24, 2.45) is 0 Å². The van der Waals surface area contributed by atoms with E-state index >= 15 is 0 Å². The van der Waals surface area contributed by atoms with Crippen molar-refractivity contribution in [3.63, 3.8) is 0 Å². The minimum absolute atomic E-state index is 0.618. The molecule has 7 rings (SSSR count). The van der Waals surface area contributed by atoms with Gasteiger partial charge in [-0.25, -0.2) is 9.97 Å². The van der Waals surface area contributed by atoms with E-state index in [1.165, 1.54) is 0 Å². The molecule has 0 saturated carbocycles. The van der Waals surface area contributed by atoms with Crippen LogP contribution in [-0.2, 0) is 0 Å². The van der Waals surface area contributed by atoms with Gasteiger partial charge in [-0.05, 0) is 42.0 Å². The van der Waals surface area contributed by atoms with Crippen LogP contribution in [0.3, 0.4) is 0 Å². The molecule has 0 amide bonds. The van der Waals surface area contributed by atoms with E-state index in [0.717, 1.165) is 55.7 Å². The number of aromatic nitrogens is 4. The standard InChI is InChI=1S/C34H25N5/c1-24-12-4-3-11-23-38(29-17-9-7-15-27(24)29)34-36-31(25-19-21-35-22-20-25)33-32(37-34)28-16-8-10-18-30(28)39(33)26-13-5-2-6-14-26/h2-22H,1,23H2/b11-3-,12-4-. The minimum atomic E-state index is 0.618. The number of fused-ring (bicyclic) bond motifs is 4. The van der Waals surface area contributed by atoms with E-state index in [9.17, 15) is 0 Å². The van der Waals surface area contributed by atoms with Gasteiger partial charge in [0.05, 0.1) is 16.7 Å². The minimum Gasteiger partial charge on any atom is -0.306 e. The molecule has 6 aromatic rings. The Morgan fingerprint density at radius 2 is 1.51 bits per heavy atom. The first-order valence-electron chi connectivity index (χ1n) is 13.0. The average molecular weight is 504 g/mol. The molecule has 1 aliphatic rings. The van der Waals surface area contributed by atoms with E-state index in [1.54, 1.807) is 0 Å². The average Bonchev–Trinajstić information content (AvgIpc) is 3.36. The molecular weight excluding hydrogens is 478 g/mol. The Kier molecular flexibility index (Phi) is 5.60. The van der Waals surface area contributed by atoms with Crippen molar-refractivity contribution in [1.82, 2.24) is 19.5 Å². The van der Waals surface area contributed by atoms with Crippen molar-refractivity contribution in [3.05, 3.63) is 140 Å². The third-order valence-corrected chi connectivity index (χ3v) is 7.08. The predicted octanol–water partition coefficient (Wildman–Crippen LogP) is 7.91. The highest BCUT2D eigenvalue weighted by Crippen LogP contribution is 2.39. The molecule has 4 heterocycles. The number of anilines is 2. The lowest BCUT2D eigenvalue weighted by atomic mass is 10.0. The van der Waals surface area contributed by atoms with Gasteiger partial charge in [0.1, 0.15) is 11.2 Å². The fourth-order valence-corrected chi connectivity index (χ4v) is 5.28. The summed E-state index contributed by atoms with van der Waals surface area (Å²) < 4.78 is 2.27. The third kappa shape index (κ3) is 3.92.